The van der Waals surface area contributed by atoms with Gasteiger partial charge in [-0.25, -0.2) is 8.78 Å². The molecule has 1 heterocycles. The van der Waals surface area contributed by atoms with Gasteiger partial charge in [-0.1, -0.05) is 6.07 Å². The predicted octanol–water partition coefficient (Wildman–Crippen LogP) is 1.91. The minimum atomic E-state index is -0.907. The molecule has 0 spiro atoms. The first kappa shape index (κ1) is 12.0. The van der Waals surface area contributed by atoms with Crippen molar-refractivity contribution in [3.8, 4) is 0 Å². The Morgan fingerprint density at radius 2 is 1.83 bits per heavy atom. The van der Waals surface area contributed by atoms with E-state index in [0.717, 1.165) is 24.4 Å². The Kier molecular flexibility index (Phi) is 3.18. The van der Waals surface area contributed by atoms with Crippen molar-refractivity contribution in [3.05, 3.63) is 64.1 Å². The molecule has 0 saturated carbocycles. The van der Waals surface area contributed by atoms with E-state index in [-0.39, 0.29) is 5.56 Å². The molecule has 0 aliphatic rings. The fourth-order valence-electron chi connectivity index (χ4n) is 1.39. The largest absolute Gasteiger partial charge is 0.367 e. The van der Waals surface area contributed by atoms with E-state index in [2.05, 4.69) is 4.98 Å². The van der Waals surface area contributed by atoms with Gasteiger partial charge in [0.25, 0.3) is 5.91 Å². The van der Waals surface area contributed by atoms with Crippen molar-refractivity contribution in [1.82, 2.24) is 4.98 Å². The number of rotatable bonds is 2. The van der Waals surface area contributed by atoms with E-state index in [4.69, 9.17) is 0 Å². The zero-order valence-corrected chi connectivity index (χ0v) is 9.04. The van der Waals surface area contributed by atoms with Crippen LogP contribution < -0.4 is 10.7 Å². The smallest absolute Gasteiger partial charge is 0.261 e. The summed E-state index contributed by atoms with van der Waals surface area (Å²) in [7, 11) is 0. The number of aromatic nitrogens is 1. The van der Waals surface area contributed by atoms with Crippen molar-refractivity contribution in [2.75, 3.05) is 5.32 Å². The first-order valence-corrected chi connectivity index (χ1v) is 5.02. The number of carbonyl (C=O) groups excluding carboxylic acids is 1. The molecule has 0 radical (unpaired) electrons. The van der Waals surface area contributed by atoms with Crippen LogP contribution in [0.5, 0.6) is 0 Å². The number of hydrogen-bond donors (Lipinski definition) is 2. The lowest BCUT2D eigenvalue weighted by molar-refractivity contribution is 0.102. The Morgan fingerprint density at radius 3 is 2.44 bits per heavy atom. The monoisotopic (exact) mass is 250 g/mol. The van der Waals surface area contributed by atoms with Crippen LogP contribution in [0.2, 0.25) is 0 Å². The van der Waals surface area contributed by atoms with Crippen molar-refractivity contribution in [3.63, 3.8) is 0 Å². The third kappa shape index (κ3) is 2.27. The van der Waals surface area contributed by atoms with Gasteiger partial charge < -0.3 is 10.3 Å². The molecule has 0 aliphatic carbocycles. The molecule has 0 atom stereocenters. The molecule has 2 aromatic rings. The Labute approximate surface area is 100 Å². The summed E-state index contributed by atoms with van der Waals surface area (Å²) in [6.45, 7) is 0. The summed E-state index contributed by atoms with van der Waals surface area (Å²) in [5, 5.41) is 2.03. The number of hydrogen-bond acceptors (Lipinski definition) is 2. The highest BCUT2D eigenvalue weighted by Crippen LogP contribution is 2.18. The molecule has 0 bridgehead atoms. The van der Waals surface area contributed by atoms with Crippen LogP contribution in [0.15, 0.2) is 41.5 Å². The van der Waals surface area contributed by atoms with Crippen molar-refractivity contribution in [2.45, 2.75) is 0 Å². The van der Waals surface area contributed by atoms with Crippen LogP contribution in [0, 0.1) is 11.6 Å². The van der Waals surface area contributed by atoms with Gasteiger partial charge >= 0.3 is 0 Å². The minimum Gasteiger partial charge on any atom is -0.367 e. The van der Waals surface area contributed by atoms with E-state index in [1.807, 2.05) is 5.32 Å². The lowest BCUT2D eigenvalue weighted by Gasteiger charge is -2.06. The van der Waals surface area contributed by atoms with Gasteiger partial charge in [-0.2, -0.15) is 0 Å². The summed E-state index contributed by atoms with van der Waals surface area (Å²) in [4.78, 5) is 25.6. The van der Waals surface area contributed by atoms with E-state index < -0.39 is 28.7 Å². The number of aromatic amines is 1. The molecule has 0 fully saturated rings. The van der Waals surface area contributed by atoms with Gasteiger partial charge in [0.2, 0.25) is 0 Å². The fraction of sp³-hybridized carbons (Fsp3) is 0. The number of para-hydroxylation sites is 1. The highest BCUT2D eigenvalue weighted by molar-refractivity contribution is 6.04. The summed E-state index contributed by atoms with van der Waals surface area (Å²) in [6, 6.07) is 4.34. The van der Waals surface area contributed by atoms with Gasteiger partial charge in [-0.05, 0) is 12.1 Å². The lowest BCUT2D eigenvalue weighted by Crippen LogP contribution is -2.21. The minimum absolute atomic E-state index is 0.222. The standard InChI is InChI=1S/C12H8F2N2O2/c13-8-2-1-3-9(14)11(8)16-12(18)7-6-15-5-4-10(7)17/h1-6H,(H,15,17)(H,16,18). The van der Waals surface area contributed by atoms with Crippen LogP contribution in [0.1, 0.15) is 10.4 Å². The summed E-state index contributed by atoms with van der Waals surface area (Å²) >= 11 is 0. The second kappa shape index (κ2) is 4.79. The van der Waals surface area contributed by atoms with Crippen molar-refractivity contribution in [1.29, 1.82) is 0 Å². The highest BCUT2D eigenvalue weighted by atomic mass is 19.1. The quantitative estimate of drug-likeness (QED) is 0.855. The number of amides is 1. The molecule has 92 valence electrons. The lowest BCUT2D eigenvalue weighted by atomic mass is 10.2. The maximum absolute atomic E-state index is 13.3. The number of halogens is 2. The molecule has 0 unspecified atom stereocenters. The SMILES string of the molecule is O=C(Nc1c(F)cccc1F)c1c[nH]ccc1=O. The van der Waals surface area contributed by atoms with Gasteiger partial charge in [0.05, 0.1) is 0 Å². The van der Waals surface area contributed by atoms with Crippen molar-refractivity contribution >= 4 is 11.6 Å². The van der Waals surface area contributed by atoms with E-state index in [0.29, 0.717) is 0 Å². The molecule has 2 N–H and O–H groups in total. The summed E-state index contributed by atoms with van der Waals surface area (Å²) in [5.74, 6) is -2.69. The number of anilines is 1. The highest BCUT2D eigenvalue weighted by Gasteiger charge is 2.15. The Morgan fingerprint density at radius 1 is 1.17 bits per heavy atom. The predicted molar refractivity (Wildman–Crippen MR) is 61.4 cm³/mol. The number of benzene rings is 1. The normalized spacial score (nSPS) is 10.1. The molecule has 18 heavy (non-hydrogen) atoms. The summed E-state index contributed by atoms with van der Waals surface area (Å²) in [5.41, 5.74) is -1.34. The molecule has 0 aliphatic heterocycles. The molecule has 2 rings (SSSR count). The molecule has 0 saturated heterocycles. The molecular weight excluding hydrogens is 242 g/mol. The van der Waals surface area contributed by atoms with Crippen LogP contribution in [-0.4, -0.2) is 10.9 Å². The van der Waals surface area contributed by atoms with Gasteiger partial charge in [0, 0.05) is 18.5 Å². The van der Waals surface area contributed by atoms with Crippen LogP contribution in [0.25, 0.3) is 0 Å². The van der Waals surface area contributed by atoms with Gasteiger partial charge in [0.1, 0.15) is 22.9 Å². The second-order valence-corrected chi connectivity index (χ2v) is 3.47. The van der Waals surface area contributed by atoms with Crippen molar-refractivity contribution < 1.29 is 13.6 Å². The topological polar surface area (TPSA) is 62.0 Å². The zero-order valence-electron chi connectivity index (χ0n) is 9.04. The third-order valence-corrected chi connectivity index (χ3v) is 2.27. The van der Waals surface area contributed by atoms with Gasteiger partial charge in [0.15, 0.2) is 5.43 Å². The van der Waals surface area contributed by atoms with Crippen LogP contribution in [0.3, 0.4) is 0 Å². The molecule has 1 aromatic carbocycles. The summed E-state index contributed by atoms with van der Waals surface area (Å²) < 4.78 is 26.6. The summed E-state index contributed by atoms with van der Waals surface area (Å²) in [6.07, 6.45) is 2.51. The first-order chi connectivity index (χ1) is 8.59. The van der Waals surface area contributed by atoms with Gasteiger partial charge in [-0.3, -0.25) is 9.59 Å². The van der Waals surface area contributed by atoms with Gasteiger partial charge in [-0.15, -0.1) is 0 Å². The Balaban J connectivity index is 2.33. The van der Waals surface area contributed by atoms with Crippen LogP contribution in [0.4, 0.5) is 14.5 Å². The maximum Gasteiger partial charge on any atom is 0.261 e. The molecular formula is C12H8F2N2O2. The number of carbonyl (C=O) groups is 1. The Hall–Kier alpha value is -2.50. The van der Waals surface area contributed by atoms with E-state index in [9.17, 15) is 18.4 Å². The maximum atomic E-state index is 13.3. The molecule has 4 nitrogen and oxygen atoms in total. The Bertz CT molecular complexity index is 632. The number of H-pyrrole nitrogens is 1. The average Bonchev–Trinajstić information content (AvgIpc) is 2.34. The average molecular weight is 250 g/mol. The first-order valence-electron chi connectivity index (χ1n) is 5.02. The molecule has 1 amide bonds. The van der Waals surface area contributed by atoms with Crippen LogP contribution >= 0.6 is 0 Å². The molecule has 1 aromatic heterocycles. The third-order valence-electron chi connectivity index (χ3n) is 2.27. The fourth-order valence-corrected chi connectivity index (χ4v) is 1.39. The van der Waals surface area contributed by atoms with Crippen molar-refractivity contribution in [2.24, 2.45) is 0 Å². The zero-order chi connectivity index (χ0) is 13.1. The van der Waals surface area contributed by atoms with E-state index in [1.165, 1.54) is 12.3 Å². The van der Waals surface area contributed by atoms with E-state index in [1.54, 1.807) is 0 Å². The number of pyridine rings is 1. The number of nitrogens with one attached hydrogen (secondary N) is 2. The van der Waals surface area contributed by atoms with Crippen LogP contribution in [-0.2, 0) is 0 Å². The molecule has 6 heteroatoms. The second-order valence-electron chi connectivity index (χ2n) is 3.47. The van der Waals surface area contributed by atoms with E-state index >= 15 is 0 Å².